The fraction of sp³-hybridized carbons (Fsp3) is 0.705. The smallest absolute Gasteiger partial charge is 0.0665 e. The molecule has 2 aromatic carbocycles. The SMILES string of the molecule is CCCCCCCCCCCCCCCC/C=C/CCCc1ccccc1/N=C\C(CCCCC)=N\c1ccccc1CCC/C=C/CCCCCCCCCCCCCCCC.[Ni]. The summed E-state index contributed by atoms with van der Waals surface area (Å²) >= 11 is 0. The van der Waals surface area contributed by atoms with Crippen molar-refractivity contribution in [2.24, 2.45) is 9.98 Å². The Balaban J connectivity index is 0.0000205. The molecule has 0 heterocycles. The monoisotopic (exact) mass is 921 g/mol. The predicted octanol–water partition coefficient (Wildman–Crippen LogP) is 21.2. The maximum Gasteiger partial charge on any atom is 0.0665 e. The van der Waals surface area contributed by atoms with Gasteiger partial charge in [-0.1, -0.05) is 261 Å². The Hall–Kier alpha value is -2.25. The number of aliphatic imine (C=N–C) groups is 2. The molecule has 0 aromatic heterocycles. The van der Waals surface area contributed by atoms with Crippen LogP contribution in [0.5, 0.6) is 0 Å². The number of allylic oxidation sites excluding steroid dienone is 4. The fourth-order valence-corrected chi connectivity index (χ4v) is 8.89. The summed E-state index contributed by atoms with van der Waals surface area (Å²) in [6.45, 7) is 6.89. The van der Waals surface area contributed by atoms with Crippen LogP contribution in [0.25, 0.3) is 0 Å². The van der Waals surface area contributed by atoms with E-state index in [0.29, 0.717) is 0 Å². The molecule has 2 rings (SSSR count). The Morgan fingerprint density at radius 3 is 1.08 bits per heavy atom. The molecule has 0 aliphatic rings. The zero-order valence-electron chi connectivity index (χ0n) is 42.5. The molecule has 0 aliphatic heterocycles. The largest absolute Gasteiger partial charge is 0.255 e. The Morgan fingerprint density at radius 1 is 0.359 bits per heavy atom. The van der Waals surface area contributed by atoms with Crippen LogP contribution < -0.4 is 0 Å². The van der Waals surface area contributed by atoms with Crippen molar-refractivity contribution in [1.82, 2.24) is 0 Å². The van der Waals surface area contributed by atoms with Gasteiger partial charge in [0.25, 0.3) is 0 Å². The maximum atomic E-state index is 5.27. The van der Waals surface area contributed by atoms with Crippen LogP contribution in [-0.2, 0) is 29.3 Å². The summed E-state index contributed by atoms with van der Waals surface area (Å²) in [6.07, 6.45) is 65.5. The van der Waals surface area contributed by atoms with E-state index in [9.17, 15) is 0 Å². The quantitative estimate of drug-likeness (QED) is 0.0274. The third kappa shape index (κ3) is 35.9. The number of unbranched alkanes of at least 4 members (excludes halogenated alkanes) is 32. The molecular formula is C61H102N2Ni. The molecule has 0 amide bonds. The van der Waals surface area contributed by atoms with Gasteiger partial charge < -0.3 is 0 Å². The van der Waals surface area contributed by atoms with Gasteiger partial charge in [-0.2, -0.15) is 0 Å². The van der Waals surface area contributed by atoms with Gasteiger partial charge >= 0.3 is 0 Å². The fourth-order valence-electron chi connectivity index (χ4n) is 8.89. The number of hydrogen-bond donors (Lipinski definition) is 0. The summed E-state index contributed by atoms with van der Waals surface area (Å²) in [6, 6.07) is 17.5. The molecule has 0 radical (unpaired) electrons. The van der Waals surface area contributed by atoms with E-state index in [-0.39, 0.29) is 16.5 Å². The van der Waals surface area contributed by atoms with Crippen molar-refractivity contribution in [3.63, 3.8) is 0 Å². The summed E-state index contributed by atoms with van der Waals surface area (Å²) in [5, 5.41) is 0. The number of hydrogen-bond acceptors (Lipinski definition) is 2. The topological polar surface area (TPSA) is 24.7 Å². The van der Waals surface area contributed by atoms with Crippen LogP contribution >= 0.6 is 0 Å². The van der Waals surface area contributed by atoms with E-state index in [1.807, 2.05) is 0 Å². The van der Waals surface area contributed by atoms with Gasteiger partial charge in [-0.05, 0) is 100 Å². The van der Waals surface area contributed by atoms with Gasteiger partial charge in [0.1, 0.15) is 0 Å². The van der Waals surface area contributed by atoms with E-state index in [1.54, 1.807) is 0 Å². The number of rotatable bonds is 45. The third-order valence-corrected chi connectivity index (χ3v) is 13.1. The first-order chi connectivity index (χ1) is 31.3. The summed E-state index contributed by atoms with van der Waals surface area (Å²) in [5.74, 6) is 0. The average Bonchev–Trinajstić information content (AvgIpc) is 3.30. The van der Waals surface area contributed by atoms with Gasteiger partial charge in [0.05, 0.1) is 17.1 Å². The first-order valence-corrected chi connectivity index (χ1v) is 27.9. The zero-order chi connectivity index (χ0) is 44.8. The Kier molecular flexibility index (Phi) is 44.1. The van der Waals surface area contributed by atoms with Crippen LogP contribution in [0.15, 0.2) is 82.8 Å². The van der Waals surface area contributed by atoms with Crippen molar-refractivity contribution in [3.8, 4) is 0 Å². The molecule has 2 aromatic rings. The van der Waals surface area contributed by atoms with Crippen LogP contribution in [0.2, 0.25) is 0 Å². The van der Waals surface area contributed by atoms with E-state index < -0.39 is 0 Å². The minimum absolute atomic E-state index is 0. The number of para-hydroxylation sites is 2. The molecule has 0 N–H and O–H groups in total. The van der Waals surface area contributed by atoms with E-state index >= 15 is 0 Å². The Morgan fingerprint density at radius 2 is 0.672 bits per heavy atom. The van der Waals surface area contributed by atoms with Crippen molar-refractivity contribution < 1.29 is 16.5 Å². The predicted molar refractivity (Wildman–Crippen MR) is 286 cm³/mol. The van der Waals surface area contributed by atoms with Crippen molar-refractivity contribution in [3.05, 3.63) is 84.0 Å². The molecule has 0 bridgehead atoms. The minimum Gasteiger partial charge on any atom is -0.255 e. The van der Waals surface area contributed by atoms with Crippen LogP contribution in [-0.4, -0.2) is 11.9 Å². The molecule has 0 atom stereocenters. The van der Waals surface area contributed by atoms with Gasteiger partial charge in [0, 0.05) is 22.7 Å². The molecule has 0 saturated heterocycles. The molecular weight excluding hydrogens is 819 g/mol. The molecule has 0 spiro atoms. The summed E-state index contributed by atoms with van der Waals surface area (Å²) in [4.78, 5) is 10.4. The Labute approximate surface area is 409 Å². The molecule has 64 heavy (non-hydrogen) atoms. The summed E-state index contributed by atoms with van der Waals surface area (Å²) in [7, 11) is 0. The van der Waals surface area contributed by atoms with E-state index in [0.717, 1.165) is 55.6 Å². The van der Waals surface area contributed by atoms with Crippen molar-refractivity contribution in [2.45, 2.75) is 278 Å². The zero-order valence-corrected chi connectivity index (χ0v) is 43.5. The van der Waals surface area contributed by atoms with Crippen molar-refractivity contribution in [2.75, 3.05) is 0 Å². The molecule has 3 heteroatoms. The molecule has 2 nitrogen and oxygen atoms in total. The normalized spacial score (nSPS) is 12.1. The molecule has 0 fully saturated rings. The second-order valence-electron chi connectivity index (χ2n) is 19.1. The van der Waals surface area contributed by atoms with E-state index in [4.69, 9.17) is 9.98 Å². The summed E-state index contributed by atoms with van der Waals surface area (Å²) in [5.41, 5.74) is 6.03. The second-order valence-corrected chi connectivity index (χ2v) is 19.1. The molecule has 0 aliphatic carbocycles. The van der Waals surface area contributed by atoms with Gasteiger partial charge in [0.15, 0.2) is 0 Å². The second kappa shape index (κ2) is 47.3. The van der Waals surface area contributed by atoms with Crippen LogP contribution in [0, 0.1) is 0 Å². The van der Waals surface area contributed by atoms with Gasteiger partial charge in [-0.3, -0.25) is 9.98 Å². The minimum atomic E-state index is 0. The summed E-state index contributed by atoms with van der Waals surface area (Å²) < 4.78 is 0. The van der Waals surface area contributed by atoms with Crippen molar-refractivity contribution in [1.29, 1.82) is 0 Å². The standard InChI is InChI=1S/C61H102N2.Ni/c1-4-7-10-12-14-16-18-20-22-24-26-28-30-32-34-36-38-40-43-49-57-51-45-47-54-60(57)62-56-59(53-42-9-6-3)63-61-55-48-46-52-58(61)50-44-41-39-37-35-33-31-29-27-25-23-21-19-17-15-13-11-8-5-2;/h36-39,45-48,51-52,54-56H,4-35,40-44,49-50,53H2,1-3H3;/b38-36+,39-37+,62-56-,63-59+;. The van der Waals surface area contributed by atoms with Crippen LogP contribution in [0.3, 0.4) is 0 Å². The van der Waals surface area contributed by atoms with Crippen molar-refractivity contribution >= 4 is 23.3 Å². The molecule has 366 valence electrons. The molecule has 0 unspecified atom stereocenters. The van der Waals surface area contributed by atoms with E-state index in [2.05, 4.69) is 99.8 Å². The number of aryl methyl sites for hydroxylation is 2. The Bertz CT molecular complexity index is 1400. The third-order valence-electron chi connectivity index (χ3n) is 13.1. The first kappa shape index (κ1) is 59.8. The van der Waals surface area contributed by atoms with E-state index in [1.165, 1.54) is 229 Å². The number of benzene rings is 2. The van der Waals surface area contributed by atoms with Gasteiger partial charge in [0.2, 0.25) is 0 Å². The van der Waals surface area contributed by atoms with Crippen LogP contribution in [0.4, 0.5) is 11.4 Å². The molecule has 0 saturated carbocycles. The number of nitrogens with zero attached hydrogens (tertiary/aromatic N) is 2. The average molecular weight is 922 g/mol. The maximum absolute atomic E-state index is 5.27. The van der Waals surface area contributed by atoms with Gasteiger partial charge in [-0.15, -0.1) is 0 Å². The first-order valence-electron chi connectivity index (χ1n) is 27.9. The van der Waals surface area contributed by atoms with Crippen LogP contribution in [0.1, 0.15) is 276 Å². The van der Waals surface area contributed by atoms with Gasteiger partial charge in [-0.25, -0.2) is 0 Å².